The van der Waals surface area contributed by atoms with Crippen LogP contribution in [0.4, 0.5) is 0 Å². The van der Waals surface area contributed by atoms with Crippen molar-refractivity contribution in [3.05, 3.63) is 23.9 Å². The van der Waals surface area contributed by atoms with Crippen molar-refractivity contribution >= 4 is 5.84 Å². The van der Waals surface area contributed by atoms with Crippen LogP contribution >= 0.6 is 0 Å². The Hall–Kier alpha value is -1.09. The van der Waals surface area contributed by atoms with E-state index in [-0.39, 0.29) is 0 Å². The van der Waals surface area contributed by atoms with E-state index in [1.54, 1.807) is 0 Å². The Morgan fingerprint density at radius 2 is 2.50 bits per heavy atom. The first-order valence-corrected chi connectivity index (χ1v) is 4.24. The molecule has 0 aromatic heterocycles. The van der Waals surface area contributed by atoms with E-state index < -0.39 is 0 Å². The van der Waals surface area contributed by atoms with Crippen molar-refractivity contribution in [2.75, 3.05) is 0 Å². The largest absolute Gasteiger partial charge is 0.290 e. The van der Waals surface area contributed by atoms with E-state index in [0.717, 1.165) is 25.0 Å². The van der Waals surface area contributed by atoms with Crippen LogP contribution in [0.3, 0.4) is 0 Å². The van der Waals surface area contributed by atoms with Gasteiger partial charge in [-0.3, -0.25) is 10.7 Å². The van der Waals surface area contributed by atoms with Gasteiger partial charge < -0.3 is 0 Å². The molecule has 0 aromatic rings. The average Bonchev–Trinajstić information content (AvgIpc) is 2.17. The summed E-state index contributed by atoms with van der Waals surface area (Å²) in [6.45, 7) is 0. The van der Waals surface area contributed by atoms with Gasteiger partial charge in [0.15, 0.2) is 0 Å². The molecule has 0 saturated carbocycles. The van der Waals surface area contributed by atoms with E-state index in [1.807, 2.05) is 12.2 Å². The van der Waals surface area contributed by atoms with E-state index in [9.17, 15) is 0 Å². The maximum atomic E-state index is 8.66. The van der Waals surface area contributed by atoms with Crippen molar-refractivity contribution in [1.82, 2.24) is 5.48 Å². The van der Waals surface area contributed by atoms with Gasteiger partial charge in [0.2, 0.25) is 0 Å². The molecule has 1 unspecified atom stereocenters. The van der Waals surface area contributed by atoms with Crippen LogP contribution in [0.25, 0.3) is 0 Å². The zero-order chi connectivity index (χ0) is 8.39. The topological polar surface area (TPSA) is 44.6 Å². The van der Waals surface area contributed by atoms with E-state index >= 15 is 0 Å². The third-order valence-electron chi connectivity index (χ3n) is 2.36. The number of allylic oxidation sites excluding steroid dienone is 4. The third kappa shape index (κ3) is 1.28. The first kappa shape index (κ1) is 7.55. The van der Waals surface area contributed by atoms with Gasteiger partial charge in [-0.1, -0.05) is 12.2 Å². The summed E-state index contributed by atoms with van der Waals surface area (Å²) in [5.41, 5.74) is 3.22. The Morgan fingerprint density at radius 3 is 3.33 bits per heavy atom. The van der Waals surface area contributed by atoms with Gasteiger partial charge in [-0.2, -0.15) is 0 Å². The zero-order valence-electron chi connectivity index (χ0n) is 6.83. The Labute approximate surface area is 71.5 Å². The molecule has 64 valence electrons. The van der Waals surface area contributed by atoms with Crippen LogP contribution < -0.4 is 5.48 Å². The van der Waals surface area contributed by atoms with Crippen molar-refractivity contribution in [2.45, 2.75) is 19.3 Å². The van der Waals surface area contributed by atoms with E-state index in [4.69, 9.17) is 5.21 Å². The fourth-order valence-corrected chi connectivity index (χ4v) is 1.66. The van der Waals surface area contributed by atoms with Gasteiger partial charge in [-0.15, -0.1) is 0 Å². The van der Waals surface area contributed by atoms with Crippen LogP contribution in [0.1, 0.15) is 19.3 Å². The molecule has 0 fully saturated rings. The normalized spacial score (nSPS) is 27.2. The summed E-state index contributed by atoms with van der Waals surface area (Å²) in [7, 11) is 0. The third-order valence-corrected chi connectivity index (χ3v) is 2.36. The van der Waals surface area contributed by atoms with Crippen LogP contribution in [-0.4, -0.2) is 11.0 Å². The molecular weight excluding hydrogens is 152 g/mol. The summed E-state index contributed by atoms with van der Waals surface area (Å²) in [5.74, 6) is 1.26. The molecular formula is C9H12N2O. The minimum Gasteiger partial charge on any atom is -0.290 e. The van der Waals surface area contributed by atoms with Gasteiger partial charge >= 0.3 is 0 Å². The second-order valence-electron chi connectivity index (χ2n) is 3.16. The van der Waals surface area contributed by atoms with E-state index in [1.165, 1.54) is 0 Å². The molecule has 1 aliphatic carbocycles. The van der Waals surface area contributed by atoms with Gasteiger partial charge in [0.1, 0.15) is 5.84 Å². The molecule has 12 heavy (non-hydrogen) atoms. The second-order valence-corrected chi connectivity index (χ2v) is 3.16. The molecule has 2 rings (SSSR count). The molecule has 0 amide bonds. The number of fused-ring (bicyclic) bond motifs is 1. The summed E-state index contributed by atoms with van der Waals surface area (Å²) in [4.78, 5) is 4.29. The van der Waals surface area contributed by atoms with Gasteiger partial charge in [-0.25, -0.2) is 4.99 Å². The fourth-order valence-electron chi connectivity index (χ4n) is 1.66. The number of hydroxylamine groups is 1. The summed E-state index contributed by atoms with van der Waals surface area (Å²) in [6.07, 6.45) is 9.24. The minimum atomic E-state index is 0.576. The Kier molecular flexibility index (Phi) is 1.96. The average molecular weight is 164 g/mol. The standard InChI is InChI=1S/C9H12N2O/c12-11-9-6-5-7-3-1-2-4-8(7)10-9/h1-2,4,7,12H,3,5-6H2,(H,10,11). The van der Waals surface area contributed by atoms with Crippen molar-refractivity contribution in [1.29, 1.82) is 0 Å². The Morgan fingerprint density at radius 1 is 1.58 bits per heavy atom. The molecule has 0 spiro atoms. The van der Waals surface area contributed by atoms with Gasteiger partial charge in [0, 0.05) is 18.0 Å². The summed E-state index contributed by atoms with van der Waals surface area (Å²) in [5, 5.41) is 8.66. The van der Waals surface area contributed by atoms with Gasteiger partial charge in [-0.05, 0) is 18.9 Å². The molecule has 0 radical (unpaired) electrons. The molecule has 2 aliphatic rings. The van der Waals surface area contributed by atoms with Gasteiger partial charge in [0.05, 0.1) is 0 Å². The molecule has 0 saturated heterocycles. The molecule has 3 nitrogen and oxygen atoms in total. The van der Waals surface area contributed by atoms with Gasteiger partial charge in [0.25, 0.3) is 0 Å². The predicted molar refractivity (Wildman–Crippen MR) is 46.9 cm³/mol. The quantitative estimate of drug-likeness (QED) is 0.534. The SMILES string of the molecule is ONC1=NC2=CC=CCC2CC1. The number of amidine groups is 1. The van der Waals surface area contributed by atoms with Crippen LogP contribution in [-0.2, 0) is 0 Å². The first-order chi connectivity index (χ1) is 5.90. The number of hydrogen-bond acceptors (Lipinski definition) is 3. The summed E-state index contributed by atoms with van der Waals surface area (Å²) >= 11 is 0. The minimum absolute atomic E-state index is 0.576. The fraction of sp³-hybridized carbons (Fsp3) is 0.444. The molecule has 1 heterocycles. The number of hydrogen-bond donors (Lipinski definition) is 2. The zero-order valence-corrected chi connectivity index (χ0v) is 6.83. The van der Waals surface area contributed by atoms with E-state index in [2.05, 4.69) is 16.5 Å². The lowest BCUT2D eigenvalue weighted by atomic mass is 9.90. The summed E-state index contributed by atoms with van der Waals surface area (Å²) in [6, 6.07) is 0. The highest BCUT2D eigenvalue weighted by atomic mass is 16.5. The summed E-state index contributed by atoms with van der Waals surface area (Å²) < 4.78 is 0. The lowest BCUT2D eigenvalue weighted by Crippen LogP contribution is -2.25. The number of nitrogens with one attached hydrogen (secondary N) is 1. The lowest BCUT2D eigenvalue weighted by molar-refractivity contribution is 0.229. The molecule has 1 atom stereocenters. The first-order valence-electron chi connectivity index (χ1n) is 4.24. The predicted octanol–water partition coefficient (Wildman–Crippen LogP) is 1.62. The maximum Gasteiger partial charge on any atom is 0.125 e. The molecule has 3 heteroatoms. The number of rotatable bonds is 0. The highest BCUT2D eigenvalue weighted by Crippen LogP contribution is 2.29. The van der Waals surface area contributed by atoms with Crippen LogP contribution in [0.5, 0.6) is 0 Å². The molecule has 0 bridgehead atoms. The van der Waals surface area contributed by atoms with Crippen molar-refractivity contribution in [2.24, 2.45) is 10.9 Å². The van der Waals surface area contributed by atoms with Crippen molar-refractivity contribution in [3.8, 4) is 0 Å². The monoisotopic (exact) mass is 164 g/mol. The molecule has 2 N–H and O–H groups in total. The van der Waals surface area contributed by atoms with E-state index in [0.29, 0.717) is 11.8 Å². The van der Waals surface area contributed by atoms with Crippen LogP contribution in [0.15, 0.2) is 28.9 Å². The Bertz CT molecular complexity index is 266. The van der Waals surface area contributed by atoms with Crippen LogP contribution in [0.2, 0.25) is 0 Å². The number of aliphatic imine (C=N–C) groups is 1. The molecule has 1 aliphatic heterocycles. The Balaban J connectivity index is 2.23. The maximum absolute atomic E-state index is 8.66. The highest BCUT2D eigenvalue weighted by Gasteiger charge is 2.20. The smallest absolute Gasteiger partial charge is 0.125 e. The van der Waals surface area contributed by atoms with Crippen LogP contribution in [0, 0.1) is 5.92 Å². The van der Waals surface area contributed by atoms with Crippen molar-refractivity contribution < 1.29 is 5.21 Å². The van der Waals surface area contributed by atoms with Crippen molar-refractivity contribution in [3.63, 3.8) is 0 Å². The highest BCUT2D eigenvalue weighted by molar-refractivity contribution is 5.83. The molecule has 0 aromatic carbocycles. The number of nitrogens with zero attached hydrogens (tertiary/aromatic N) is 1. The lowest BCUT2D eigenvalue weighted by Gasteiger charge is -2.23. The second kappa shape index (κ2) is 3.11.